The fourth-order valence-corrected chi connectivity index (χ4v) is 3.49. The van der Waals surface area contributed by atoms with Crippen molar-refractivity contribution in [1.82, 2.24) is 9.88 Å². The molecule has 0 saturated carbocycles. The highest BCUT2D eigenvalue weighted by Gasteiger charge is 2.25. The number of hydrogen-bond donors (Lipinski definition) is 0. The largest absolute Gasteiger partial charge is 0.465 e. The molecule has 0 N–H and O–H groups in total. The molecule has 1 aliphatic rings. The van der Waals surface area contributed by atoms with Crippen LogP contribution in [0.3, 0.4) is 0 Å². The predicted molar refractivity (Wildman–Crippen MR) is 99.3 cm³/mol. The molecule has 0 saturated heterocycles. The van der Waals surface area contributed by atoms with E-state index in [-0.39, 0.29) is 5.91 Å². The molecule has 0 bridgehead atoms. The van der Waals surface area contributed by atoms with Gasteiger partial charge < -0.3 is 9.32 Å². The van der Waals surface area contributed by atoms with Gasteiger partial charge in [0.1, 0.15) is 5.76 Å². The minimum absolute atomic E-state index is 0.0362. The predicted octanol–water partition coefficient (Wildman–Crippen LogP) is 4.41. The van der Waals surface area contributed by atoms with E-state index in [0.29, 0.717) is 0 Å². The summed E-state index contributed by atoms with van der Waals surface area (Å²) >= 11 is 0. The number of furan rings is 1. The van der Waals surface area contributed by atoms with Gasteiger partial charge in [0.2, 0.25) is 0 Å². The lowest BCUT2D eigenvalue weighted by molar-refractivity contribution is 0.0828. The molecule has 4 rings (SSSR count). The van der Waals surface area contributed by atoms with Crippen molar-refractivity contribution in [3.63, 3.8) is 0 Å². The van der Waals surface area contributed by atoms with Crippen LogP contribution in [0.4, 0.5) is 0 Å². The van der Waals surface area contributed by atoms with Gasteiger partial charge in [-0.2, -0.15) is 0 Å². The average Bonchev–Trinajstić information content (AvgIpc) is 3.12. The summed E-state index contributed by atoms with van der Waals surface area (Å²) in [5.41, 5.74) is 4.78. The van der Waals surface area contributed by atoms with Crippen LogP contribution in [0.1, 0.15) is 40.2 Å². The minimum atomic E-state index is 0.0362. The molecular weight excluding hydrogens is 312 g/mol. The zero-order valence-corrected chi connectivity index (χ0v) is 14.5. The Morgan fingerprint density at radius 3 is 2.76 bits per heavy atom. The number of aromatic nitrogens is 1. The molecule has 0 atom stereocenters. The number of hydrogen-bond acceptors (Lipinski definition) is 3. The number of allylic oxidation sites excluding steroid dienone is 1. The average molecular weight is 332 g/mol. The third-order valence-electron chi connectivity index (χ3n) is 4.65. The fourth-order valence-electron chi connectivity index (χ4n) is 3.49. The van der Waals surface area contributed by atoms with Crippen LogP contribution in [0.2, 0.25) is 0 Å². The lowest BCUT2D eigenvalue weighted by atomic mass is 9.86. The Morgan fingerprint density at radius 1 is 1.16 bits per heavy atom. The summed E-state index contributed by atoms with van der Waals surface area (Å²) in [5.74, 6) is 0.854. The summed E-state index contributed by atoms with van der Waals surface area (Å²) in [5, 5.41) is 0.930. The number of carbonyl (C=O) groups is 1. The Bertz CT molecular complexity index is 969. The number of nitrogens with zero attached hydrogens (tertiary/aromatic N) is 2. The molecule has 1 aromatic carbocycles. The van der Waals surface area contributed by atoms with Crippen molar-refractivity contribution >= 4 is 28.5 Å². The van der Waals surface area contributed by atoms with Crippen molar-refractivity contribution in [3.8, 4) is 0 Å². The van der Waals surface area contributed by atoms with E-state index in [0.717, 1.165) is 58.3 Å². The van der Waals surface area contributed by atoms with Crippen molar-refractivity contribution in [2.45, 2.75) is 19.3 Å². The van der Waals surface area contributed by atoms with Crippen molar-refractivity contribution in [2.24, 2.45) is 0 Å². The van der Waals surface area contributed by atoms with Gasteiger partial charge >= 0.3 is 0 Å². The molecule has 2 aromatic heterocycles. The summed E-state index contributed by atoms with van der Waals surface area (Å²) in [6.45, 7) is 0. The molecule has 4 heteroatoms. The summed E-state index contributed by atoms with van der Waals surface area (Å²) in [6, 6.07) is 11.7. The molecule has 0 spiro atoms. The highest BCUT2D eigenvalue weighted by Crippen LogP contribution is 2.36. The number of amides is 1. The molecule has 0 radical (unpaired) electrons. The maximum atomic E-state index is 12.9. The summed E-state index contributed by atoms with van der Waals surface area (Å²) in [4.78, 5) is 19.5. The van der Waals surface area contributed by atoms with Gasteiger partial charge in [-0.3, -0.25) is 4.79 Å². The number of carbonyl (C=O) groups excluding carboxylic acids is 1. The molecule has 1 aliphatic carbocycles. The number of fused-ring (bicyclic) bond motifs is 2. The van der Waals surface area contributed by atoms with Crippen LogP contribution in [0.15, 0.2) is 47.1 Å². The normalized spacial score (nSPS) is 15.4. The van der Waals surface area contributed by atoms with Gasteiger partial charge in [-0.1, -0.05) is 18.2 Å². The molecule has 126 valence electrons. The maximum absolute atomic E-state index is 12.9. The van der Waals surface area contributed by atoms with Gasteiger partial charge in [0, 0.05) is 19.5 Å². The van der Waals surface area contributed by atoms with Crippen LogP contribution in [0.25, 0.3) is 22.6 Å². The standard InChI is InChI=1S/C21H20N2O2/c1-23(2)21(24)19-16-9-3-4-11-18(16)22-20-14(7-5-10-17(19)20)13-15-8-6-12-25-15/h3-4,6,8-9,11-13H,5,7,10H2,1-2H3. The number of para-hydroxylation sites is 1. The maximum Gasteiger partial charge on any atom is 0.254 e. The quantitative estimate of drug-likeness (QED) is 0.698. The van der Waals surface area contributed by atoms with Crippen molar-refractivity contribution in [1.29, 1.82) is 0 Å². The third-order valence-corrected chi connectivity index (χ3v) is 4.65. The number of pyridine rings is 1. The lowest BCUT2D eigenvalue weighted by Gasteiger charge is -2.24. The Morgan fingerprint density at radius 2 is 2.00 bits per heavy atom. The second kappa shape index (κ2) is 6.20. The molecule has 0 unspecified atom stereocenters. The van der Waals surface area contributed by atoms with E-state index in [2.05, 4.69) is 0 Å². The van der Waals surface area contributed by atoms with Gasteiger partial charge in [0.25, 0.3) is 5.91 Å². The van der Waals surface area contributed by atoms with Crippen LogP contribution >= 0.6 is 0 Å². The molecular formula is C21H20N2O2. The SMILES string of the molecule is CN(C)C(=O)c1c2c(nc3ccccc13)C(=Cc1ccco1)CCC2. The first-order valence-corrected chi connectivity index (χ1v) is 8.53. The van der Waals surface area contributed by atoms with Gasteiger partial charge in [0.05, 0.1) is 23.0 Å². The molecule has 0 fully saturated rings. The minimum Gasteiger partial charge on any atom is -0.465 e. The third kappa shape index (κ3) is 2.74. The van der Waals surface area contributed by atoms with Gasteiger partial charge in [-0.05, 0) is 54.7 Å². The topological polar surface area (TPSA) is 46.3 Å². The smallest absolute Gasteiger partial charge is 0.254 e. The molecule has 25 heavy (non-hydrogen) atoms. The van der Waals surface area contributed by atoms with Gasteiger partial charge in [-0.25, -0.2) is 4.98 Å². The molecule has 1 amide bonds. The second-order valence-corrected chi connectivity index (χ2v) is 6.57. The van der Waals surface area contributed by atoms with Crippen molar-refractivity contribution in [3.05, 3.63) is 65.2 Å². The second-order valence-electron chi connectivity index (χ2n) is 6.57. The first kappa shape index (κ1) is 15.6. The summed E-state index contributed by atoms with van der Waals surface area (Å²) < 4.78 is 5.48. The Kier molecular flexibility index (Phi) is 3.88. The lowest BCUT2D eigenvalue weighted by Crippen LogP contribution is -2.25. The molecule has 3 aromatic rings. The first-order valence-electron chi connectivity index (χ1n) is 8.53. The van der Waals surface area contributed by atoms with E-state index < -0.39 is 0 Å². The van der Waals surface area contributed by atoms with Crippen LogP contribution < -0.4 is 0 Å². The van der Waals surface area contributed by atoms with Crippen LogP contribution in [0, 0.1) is 0 Å². The summed E-state index contributed by atoms with van der Waals surface area (Å²) in [6.07, 6.45) is 6.54. The van der Waals surface area contributed by atoms with Crippen molar-refractivity contribution in [2.75, 3.05) is 14.1 Å². The highest BCUT2D eigenvalue weighted by atomic mass is 16.3. The van der Waals surface area contributed by atoms with E-state index in [4.69, 9.17) is 9.40 Å². The monoisotopic (exact) mass is 332 g/mol. The highest BCUT2D eigenvalue weighted by molar-refractivity contribution is 6.08. The van der Waals surface area contributed by atoms with E-state index >= 15 is 0 Å². The van der Waals surface area contributed by atoms with E-state index in [1.165, 1.54) is 0 Å². The van der Waals surface area contributed by atoms with E-state index in [1.807, 2.05) is 42.5 Å². The number of benzene rings is 1. The Labute approximate surface area is 146 Å². The van der Waals surface area contributed by atoms with Crippen LogP contribution in [0.5, 0.6) is 0 Å². The van der Waals surface area contributed by atoms with Gasteiger partial charge in [-0.15, -0.1) is 0 Å². The van der Waals surface area contributed by atoms with Crippen LogP contribution in [-0.2, 0) is 6.42 Å². The Balaban J connectivity index is 2.00. The van der Waals surface area contributed by atoms with Crippen molar-refractivity contribution < 1.29 is 9.21 Å². The summed E-state index contributed by atoms with van der Waals surface area (Å²) in [7, 11) is 3.60. The Hall–Kier alpha value is -2.88. The number of rotatable bonds is 2. The zero-order chi connectivity index (χ0) is 17.4. The van der Waals surface area contributed by atoms with Gasteiger partial charge in [0.15, 0.2) is 0 Å². The van der Waals surface area contributed by atoms with E-state index in [1.54, 1.807) is 25.3 Å². The van der Waals surface area contributed by atoms with Crippen LogP contribution in [-0.4, -0.2) is 29.9 Å². The first-order chi connectivity index (χ1) is 12.1. The molecule has 4 nitrogen and oxygen atoms in total. The fraction of sp³-hybridized carbons (Fsp3) is 0.238. The molecule has 2 heterocycles. The zero-order valence-electron chi connectivity index (χ0n) is 14.5. The van der Waals surface area contributed by atoms with E-state index in [9.17, 15) is 4.79 Å². The molecule has 0 aliphatic heterocycles.